The first-order valence-electron chi connectivity index (χ1n) is 10.8. The van der Waals surface area contributed by atoms with Crippen molar-refractivity contribution in [2.45, 2.75) is 19.8 Å². The normalized spacial score (nSPS) is 19.4. The molecule has 1 aromatic rings. The van der Waals surface area contributed by atoms with Gasteiger partial charge in [0.15, 0.2) is 5.78 Å². The molecule has 1 aromatic carbocycles. The lowest BCUT2D eigenvalue weighted by Gasteiger charge is -2.39. The number of piperazine rings is 2. The van der Waals surface area contributed by atoms with Crippen LogP contribution in [-0.2, 0) is 15.0 Å². The van der Waals surface area contributed by atoms with E-state index in [4.69, 9.17) is 4.74 Å². The van der Waals surface area contributed by atoms with Crippen LogP contribution in [0.1, 0.15) is 30.1 Å². The second-order valence-corrected chi connectivity index (χ2v) is 9.80. The summed E-state index contributed by atoms with van der Waals surface area (Å²) in [6.07, 6.45) is 0.254. The van der Waals surface area contributed by atoms with Crippen LogP contribution in [0, 0.1) is 0 Å². The highest BCUT2D eigenvalue weighted by atomic mass is 32.2. The molecule has 0 radical (unpaired) electrons. The second kappa shape index (κ2) is 10.5. The van der Waals surface area contributed by atoms with Gasteiger partial charge in [-0.3, -0.25) is 9.59 Å². The molecule has 1 amide bonds. The smallest absolute Gasteiger partial charge is 0.282 e. The molecule has 172 valence electrons. The van der Waals surface area contributed by atoms with Crippen LogP contribution in [0.25, 0.3) is 0 Å². The van der Waals surface area contributed by atoms with Crippen molar-refractivity contribution in [3.05, 3.63) is 29.8 Å². The molecule has 31 heavy (non-hydrogen) atoms. The van der Waals surface area contributed by atoms with Crippen molar-refractivity contribution in [2.75, 3.05) is 66.0 Å². The molecule has 9 nitrogen and oxygen atoms in total. The van der Waals surface area contributed by atoms with E-state index in [0.29, 0.717) is 44.1 Å². The Hall–Kier alpha value is -2.01. The van der Waals surface area contributed by atoms with Crippen LogP contribution in [0.15, 0.2) is 24.3 Å². The minimum absolute atomic E-state index is 0.0901. The number of carbonyl (C=O) groups excluding carboxylic acids is 2. The van der Waals surface area contributed by atoms with Crippen LogP contribution in [0.2, 0.25) is 0 Å². The number of Topliss-reactive ketones (excluding diaryl/α,β-unsaturated/α-hetero) is 1. The molecule has 2 aliphatic rings. The molecule has 0 N–H and O–H groups in total. The summed E-state index contributed by atoms with van der Waals surface area (Å²) in [6.45, 7) is 6.15. The Labute approximate surface area is 184 Å². The number of benzene rings is 1. The molecule has 0 saturated carbocycles. The van der Waals surface area contributed by atoms with Gasteiger partial charge in [0, 0.05) is 70.8 Å². The van der Waals surface area contributed by atoms with E-state index in [1.165, 1.54) is 8.61 Å². The minimum atomic E-state index is -3.49. The topological polar surface area (TPSA) is 90.5 Å². The highest BCUT2D eigenvalue weighted by Gasteiger charge is 2.34. The summed E-state index contributed by atoms with van der Waals surface area (Å²) in [6, 6.07) is 6.91. The zero-order chi connectivity index (χ0) is 22.4. The minimum Gasteiger partial charge on any atom is -0.494 e. The first-order valence-corrected chi connectivity index (χ1v) is 12.2. The molecular weight excluding hydrogens is 420 g/mol. The first kappa shape index (κ1) is 23.6. The summed E-state index contributed by atoms with van der Waals surface area (Å²) in [4.78, 5) is 28.7. The van der Waals surface area contributed by atoms with Crippen LogP contribution in [0.4, 0.5) is 0 Å². The summed E-state index contributed by atoms with van der Waals surface area (Å²) >= 11 is 0. The Bertz CT molecular complexity index is 858. The molecule has 2 heterocycles. The van der Waals surface area contributed by atoms with Gasteiger partial charge < -0.3 is 14.5 Å². The Balaban J connectivity index is 1.45. The maximum Gasteiger partial charge on any atom is 0.282 e. The quantitative estimate of drug-likeness (QED) is 0.539. The highest BCUT2D eigenvalue weighted by molar-refractivity contribution is 7.86. The van der Waals surface area contributed by atoms with Gasteiger partial charge in [-0.2, -0.15) is 17.0 Å². The Morgan fingerprint density at radius 2 is 1.42 bits per heavy atom. The monoisotopic (exact) mass is 452 g/mol. The average Bonchev–Trinajstić information content (AvgIpc) is 2.78. The van der Waals surface area contributed by atoms with Gasteiger partial charge in [0.1, 0.15) is 5.75 Å². The molecule has 0 unspecified atom stereocenters. The zero-order valence-corrected chi connectivity index (χ0v) is 19.1. The van der Waals surface area contributed by atoms with Crippen molar-refractivity contribution >= 4 is 21.9 Å². The molecule has 0 atom stereocenters. The van der Waals surface area contributed by atoms with Crippen molar-refractivity contribution in [3.63, 3.8) is 0 Å². The van der Waals surface area contributed by atoms with E-state index in [-0.39, 0.29) is 37.6 Å². The largest absolute Gasteiger partial charge is 0.494 e. The number of ether oxygens (including phenoxy) is 1. The molecule has 0 aromatic heterocycles. The molecular formula is C21H32N4O5S. The summed E-state index contributed by atoms with van der Waals surface area (Å²) in [7, 11) is -1.51. The molecule has 0 bridgehead atoms. The van der Waals surface area contributed by atoms with Gasteiger partial charge in [-0.1, -0.05) is 0 Å². The number of likely N-dealkylation sites (N-methyl/N-ethyl adjacent to an activating group) is 1. The summed E-state index contributed by atoms with van der Waals surface area (Å²) in [5.41, 5.74) is 0.555. The Morgan fingerprint density at radius 3 is 1.97 bits per heavy atom. The van der Waals surface area contributed by atoms with Gasteiger partial charge in [0.05, 0.1) is 6.61 Å². The van der Waals surface area contributed by atoms with Crippen LogP contribution >= 0.6 is 0 Å². The lowest BCUT2D eigenvalue weighted by molar-refractivity contribution is -0.132. The van der Waals surface area contributed by atoms with Crippen molar-refractivity contribution in [1.82, 2.24) is 18.4 Å². The molecule has 0 aliphatic carbocycles. The summed E-state index contributed by atoms with van der Waals surface area (Å²) in [5.74, 6) is 0.503. The second-order valence-electron chi connectivity index (χ2n) is 7.87. The van der Waals surface area contributed by atoms with Gasteiger partial charge in [-0.25, -0.2) is 0 Å². The van der Waals surface area contributed by atoms with Crippen LogP contribution < -0.4 is 4.74 Å². The fraction of sp³-hybridized carbons (Fsp3) is 0.619. The number of ketones is 1. The van der Waals surface area contributed by atoms with Crippen LogP contribution in [-0.4, -0.2) is 105 Å². The maximum atomic E-state index is 12.8. The van der Waals surface area contributed by atoms with E-state index >= 15 is 0 Å². The van der Waals surface area contributed by atoms with E-state index < -0.39 is 10.2 Å². The fourth-order valence-corrected chi connectivity index (χ4v) is 5.35. The van der Waals surface area contributed by atoms with Crippen molar-refractivity contribution < 1.29 is 22.7 Å². The number of hydrogen-bond acceptors (Lipinski definition) is 6. The molecule has 10 heteroatoms. The fourth-order valence-electron chi connectivity index (χ4n) is 3.78. The lowest BCUT2D eigenvalue weighted by atomic mass is 10.1. The number of rotatable bonds is 8. The molecule has 2 saturated heterocycles. The van der Waals surface area contributed by atoms with E-state index in [1.54, 1.807) is 29.2 Å². The average molecular weight is 453 g/mol. The van der Waals surface area contributed by atoms with Crippen molar-refractivity contribution in [2.24, 2.45) is 0 Å². The number of nitrogens with zero attached hydrogens (tertiary/aromatic N) is 4. The number of carbonyl (C=O) groups is 2. The molecule has 2 aliphatic heterocycles. The SMILES string of the molecule is CCOc1ccc(C(=O)CCC(=O)N2CCN(S(=O)(=O)N3CCN(C)CC3)CC2)cc1. The Kier molecular flexibility index (Phi) is 8.04. The van der Waals surface area contributed by atoms with Gasteiger partial charge in [-0.15, -0.1) is 0 Å². The highest BCUT2D eigenvalue weighted by Crippen LogP contribution is 2.17. The number of amides is 1. The van der Waals surface area contributed by atoms with Crippen molar-refractivity contribution in [3.8, 4) is 5.75 Å². The predicted octanol–water partition coefficient (Wildman–Crippen LogP) is 0.685. The van der Waals surface area contributed by atoms with Crippen LogP contribution in [0.3, 0.4) is 0 Å². The van der Waals surface area contributed by atoms with Crippen LogP contribution in [0.5, 0.6) is 5.75 Å². The van der Waals surface area contributed by atoms with E-state index in [9.17, 15) is 18.0 Å². The van der Waals surface area contributed by atoms with E-state index in [2.05, 4.69) is 4.90 Å². The van der Waals surface area contributed by atoms with Gasteiger partial charge in [-0.05, 0) is 38.2 Å². The standard InChI is InChI=1S/C21H32N4O5S/c1-3-30-19-6-4-18(5-7-19)20(26)8-9-21(27)23-12-16-25(17-13-23)31(28,29)24-14-10-22(2)11-15-24/h4-7H,3,8-17H2,1-2H3. The third-order valence-corrected chi connectivity index (χ3v) is 7.79. The van der Waals surface area contributed by atoms with E-state index in [1.807, 2.05) is 14.0 Å². The van der Waals surface area contributed by atoms with Gasteiger partial charge in [0.25, 0.3) is 10.2 Å². The van der Waals surface area contributed by atoms with Gasteiger partial charge in [0.2, 0.25) is 5.91 Å². The molecule has 0 spiro atoms. The maximum absolute atomic E-state index is 12.8. The third kappa shape index (κ3) is 6.03. The summed E-state index contributed by atoms with van der Waals surface area (Å²) in [5, 5.41) is 0. The van der Waals surface area contributed by atoms with Gasteiger partial charge >= 0.3 is 0 Å². The van der Waals surface area contributed by atoms with Crippen molar-refractivity contribution in [1.29, 1.82) is 0 Å². The Morgan fingerprint density at radius 1 is 0.871 bits per heavy atom. The molecule has 2 fully saturated rings. The lowest BCUT2D eigenvalue weighted by Crippen LogP contribution is -2.57. The van der Waals surface area contributed by atoms with E-state index in [0.717, 1.165) is 13.1 Å². The first-order chi connectivity index (χ1) is 14.8. The zero-order valence-electron chi connectivity index (χ0n) is 18.3. The number of hydrogen-bond donors (Lipinski definition) is 0. The third-order valence-electron chi connectivity index (χ3n) is 5.76. The predicted molar refractivity (Wildman–Crippen MR) is 117 cm³/mol. The molecule has 3 rings (SSSR count). The summed E-state index contributed by atoms with van der Waals surface area (Å²) < 4.78 is 34.0.